The monoisotopic (exact) mass is 398 g/mol. The number of aryl methyl sites for hydroxylation is 1. The van der Waals surface area contributed by atoms with Crippen molar-refractivity contribution in [2.24, 2.45) is 0 Å². The van der Waals surface area contributed by atoms with Gasteiger partial charge in [-0.2, -0.15) is 0 Å². The molecule has 0 radical (unpaired) electrons. The molecule has 1 aliphatic heterocycles. The molecule has 1 aliphatic rings. The molecule has 0 spiro atoms. The van der Waals surface area contributed by atoms with Gasteiger partial charge in [0, 0.05) is 37.3 Å². The Balaban J connectivity index is 1.49. The lowest BCUT2D eigenvalue weighted by Gasteiger charge is -2.33. The molecule has 2 aromatic carbocycles. The zero-order chi connectivity index (χ0) is 20.6. The van der Waals surface area contributed by atoms with Crippen molar-refractivity contribution >= 4 is 11.6 Å². The highest BCUT2D eigenvalue weighted by molar-refractivity contribution is 5.76. The van der Waals surface area contributed by atoms with Crippen LogP contribution >= 0.6 is 0 Å². The number of nitrogens with zero attached hydrogens (tertiary/aromatic N) is 1. The molecule has 1 fully saturated rings. The van der Waals surface area contributed by atoms with Gasteiger partial charge in [-0.15, -0.1) is 0 Å². The molecule has 0 unspecified atom stereocenters. The minimum absolute atomic E-state index is 0.190. The number of para-hydroxylation sites is 1. The Bertz CT molecular complexity index is 816. The second kappa shape index (κ2) is 10.0. The molecule has 3 rings (SSSR count). The summed E-state index contributed by atoms with van der Waals surface area (Å²) in [5, 5.41) is 3.55. The first-order valence-electron chi connectivity index (χ1n) is 10.0. The predicted molar refractivity (Wildman–Crippen MR) is 114 cm³/mol. The summed E-state index contributed by atoms with van der Waals surface area (Å²) in [5.74, 6) is 2.44. The molecule has 1 N–H and O–H groups in total. The molecule has 1 saturated heterocycles. The number of amides is 1. The first kappa shape index (κ1) is 20.8. The fourth-order valence-electron chi connectivity index (χ4n) is 3.77. The quantitative estimate of drug-likeness (QED) is 0.734. The summed E-state index contributed by atoms with van der Waals surface area (Å²) >= 11 is 0. The average Bonchev–Trinajstić information content (AvgIpc) is 2.77. The molecule has 0 saturated carbocycles. The van der Waals surface area contributed by atoms with Crippen LogP contribution in [0.5, 0.6) is 17.2 Å². The Hall–Kier alpha value is -2.89. The van der Waals surface area contributed by atoms with Crippen molar-refractivity contribution in [1.29, 1.82) is 0 Å². The van der Waals surface area contributed by atoms with Gasteiger partial charge in [0.1, 0.15) is 5.75 Å². The number of methoxy groups -OCH3 is 3. The van der Waals surface area contributed by atoms with Crippen LogP contribution in [0.3, 0.4) is 0 Å². The molecule has 0 aliphatic carbocycles. The summed E-state index contributed by atoms with van der Waals surface area (Å²) in [6.07, 6.45) is 2.98. The van der Waals surface area contributed by atoms with Gasteiger partial charge in [-0.05, 0) is 43.0 Å². The SMILES string of the molecule is COc1cccc(NC2CCN(C(=O)CCc3cccc(OC)c3OC)CC2)c1. The lowest BCUT2D eigenvalue weighted by atomic mass is 10.0. The number of piperidine rings is 1. The van der Waals surface area contributed by atoms with Gasteiger partial charge >= 0.3 is 0 Å². The first-order valence-corrected chi connectivity index (χ1v) is 10.0. The van der Waals surface area contributed by atoms with E-state index < -0.39 is 0 Å². The largest absolute Gasteiger partial charge is 0.497 e. The topological polar surface area (TPSA) is 60.0 Å². The van der Waals surface area contributed by atoms with E-state index in [0.29, 0.717) is 30.4 Å². The highest BCUT2D eigenvalue weighted by atomic mass is 16.5. The zero-order valence-electron chi connectivity index (χ0n) is 17.4. The number of ether oxygens (including phenoxy) is 3. The van der Waals surface area contributed by atoms with Gasteiger partial charge in [-0.3, -0.25) is 4.79 Å². The number of benzene rings is 2. The van der Waals surface area contributed by atoms with Crippen LogP contribution in [0.4, 0.5) is 5.69 Å². The van der Waals surface area contributed by atoms with Crippen LogP contribution in [-0.2, 0) is 11.2 Å². The molecule has 156 valence electrons. The van der Waals surface area contributed by atoms with E-state index >= 15 is 0 Å². The van der Waals surface area contributed by atoms with E-state index in [0.717, 1.165) is 42.9 Å². The number of hydrogen-bond acceptors (Lipinski definition) is 5. The molecule has 6 heteroatoms. The van der Waals surface area contributed by atoms with Crippen molar-refractivity contribution in [3.05, 3.63) is 48.0 Å². The van der Waals surface area contributed by atoms with E-state index in [4.69, 9.17) is 14.2 Å². The Morgan fingerprint density at radius 3 is 2.48 bits per heavy atom. The number of nitrogens with one attached hydrogen (secondary N) is 1. The summed E-state index contributed by atoms with van der Waals surface area (Å²) in [6.45, 7) is 1.55. The first-order chi connectivity index (χ1) is 14.1. The van der Waals surface area contributed by atoms with Crippen molar-refractivity contribution in [2.75, 3.05) is 39.7 Å². The Morgan fingerprint density at radius 2 is 1.79 bits per heavy atom. The number of anilines is 1. The van der Waals surface area contributed by atoms with Crippen molar-refractivity contribution in [3.8, 4) is 17.2 Å². The van der Waals surface area contributed by atoms with E-state index in [1.54, 1.807) is 21.3 Å². The fraction of sp³-hybridized carbons (Fsp3) is 0.435. The van der Waals surface area contributed by atoms with Crippen LogP contribution in [0.25, 0.3) is 0 Å². The smallest absolute Gasteiger partial charge is 0.222 e. The molecule has 1 amide bonds. The maximum atomic E-state index is 12.7. The van der Waals surface area contributed by atoms with E-state index in [2.05, 4.69) is 5.32 Å². The minimum atomic E-state index is 0.190. The van der Waals surface area contributed by atoms with Crippen molar-refractivity contribution in [3.63, 3.8) is 0 Å². The summed E-state index contributed by atoms with van der Waals surface area (Å²) in [5.41, 5.74) is 2.05. The lowest BCUT2D eigenvalue weighted by Crippen LogP contribution is -2.42. The highest BCUT2D eigenvalue weighted by Crippen LogP contribution is 2.31. The van der Waals surface area contributed by atoms with Crippen molar-refractivity contribution in [1.82, 2.24) is 4.90 Å². The van der Waals surface area contributed by atoms with Gasteiger partial charge in [0.15, 0.2) is 11.5 Å². The van der Waals surface area contributed by atoms with Gasteiger partial charge in [0.25, 0.3) is 0 Å². The molecule has 0 atom stereocenters. The van der Waals surface area contributed by atoms with Gasteiger partial charge in [0.2, 0.25) is 5.91 Å². The third kappa shape index (κ3) is 5.34. The Kier molecular flexibility index (Phi) is 7.22. The number of likely N-dealkylation sites (tertiary alicyclic amines) is 1. The maximum Gasteiger partial charge on any atom is 0.222 e. The summed E-state index contributed by atoms with van der Waals surface area (Å²) in [7, 11) is 4.92. The molecule has 6 nitrogen and oxygen atoms in total. The number of carbonyl (C=O) groups is 1. The average molecular weight is 399 g/mol. The van der Waals surface area contributed by atoms with Gasteiger partial charge < -0.3 is 24.4 Å². The molecule has 0 aromatic heterocycles. The van der Waals surface area contributed by atoms with Crippen LogP contribution in [-0.4, -0.2) is 51.3 Å². The van der Waals surface area contributed by atoms with Crippen LogP contribution in [0.15, 0.2) is 42.5 Å². The second-order valence-corrected chi connectivity index (χ2v) is 7.18. The maximum absolute atomic E-state index is 12.7. The molecule has 0 bridgehead atoms. The van der Waals surface area contributed by atoms with Crippen LogP contribution < -0.4 is 19.5 Å². The van der Waals surface area contributed by atoms with Crippen LogP contribution in [0.1, 0.15) is 24.8 Å². The van der Waals surface area contributed by atoms with Gasteiger partial charge in [-0.25, -0.2) is 0 Å². The van der Waals surface area contributed by atoms with Crippen LogP contribution in [0.2, 0.25) is 0 Å². The molecule has 2 aromatic rings. The standard InChI is InChI=1S/C23H30N2O4/c1-27-20-8-5-7-19(16-20)24-18-12-14-25(15-13-18)22(26)11-10-17-6-4-9-21(28-2)23(17)29-3/h4-9,16,18,24H,10-15H2,1-3H3. The van der Waals surface area contributed by atoms with Gasteiger partial charge in [0.05, 0.1) is 21.3 Å². The normalized spacial score (nSPS) is 14.4. The zero-order valence-corrected chi connectivity index (χ0v) is 17.4. The minimum Gasteiger partial charge on any atom is -0.497 e. The Morgan fingerprint density at radius 1 is 1.03 bits per heavy atom. The van der Waals surface area contributed by atoms with Crippen LogP contribution in [0, 0.1) is 0 Å². The molecular weight excluding hydrogens is 368 g/mol. The van der Waals surface area contributed by atoms with E-state index in [1.807, 2.05) is 47.4 Å². The number of rotatable bonds is 8. The van der Waals surface area contributed by atoms with E-state index in [1.165, 1.54) is 0 Å². The summed E-state index contributed by atoms with van der Waals surface area (Å²) in [4.78, 5) is 14.7. The predicted octanol–water partition coefficient (Wildman–Crippen LogP) is 3.75. The summed E-state index contributed by atoms with van der Waals surface area (Å²) < 4.78 is 16.1. The molecule has 1 heterocycles. The lowest BCUT2D eigenvalue weighted by molar-refractivity contribution is -0.132. The van der Waals surface area contributed by atoms with Gasteiger partial charge in [-0.1, -0.05) is 18.2 Å². The van der Waals surface area contributed by atoms with E-state index in [-0.39, 0.29) is 5.91 Å². The number of hydrogen-bond donors (Lipinski definition) is 1. The van der Waals surface area contributed by atoms with Crippen molar-refractivity contribution in [2.45, 2.75) is 31.7 Å². The summed E-state index contributed by atoms with van der Waals surface area (Å²) in [6, 6.07) is 14.1. The molecule has 29 heavy (non-hydrogen) atoms. The highest BCUT2D eigenvalue weighted by Gasteiger charge is 2.23. The van der Waals surface area contributed by atoms with E-state index in [9.17, 15) is 4.79 Å². The Labute approximate surface area is 172 Å². The van der Waals surface area contributed by atoms with Crippen molar-refractivity contribution < 1.29 is 19.0 Å². The molecular formula is C23H30N2O4. The fourth-order valence-corrected chi connectivity index (χ4v) is 3.77. The second-order valence-electron chi connectivity index (χ2n) is 7.18. The third-order valence-electron chi connectivity index (χ3n) is 5.38. The third-order valence-corrected chi connectivity index (χ3v) is 5.38. The number of carbonyl (C=O) groups excluding carboxylic acids is 1.